The molecule has 2 aromatic rings. The Morgan fingerprint density at radius 1 is 1.17 bits per heavy atom. The fraction of sp³-hybridized carbons (Fsp3) is 0.250. The third-order valence-corrected chi connectivity index (χ3v) is 4.48. The van der Waals surface area contributed by atoms with Crippen molar-refractivity contribution < 1.29 is 0 Å². The number of nitrogens with zero attached hydrogens (tertiary/aromatic N) is 1. The minimum Gasteiger partial charge on any atom is -0.312 e. The van der Waals surface area contributed by atoms with E-state index in [1.807, 2.05) is 11.6 Å². The fourth-order valence-electron chi connectivity index (χ4n) is 1.52. The van der Waals surface area contributed by atoms with Crippen LogP contribution in [0.2, 0.25) is 15.1 Å². The van der Waals surface area contributed by atoms with Crippen LogP contribution in [-0.2, 0) is 13.0 Å². The van der Waals surface area contributed by atoms with Gasteiger partial charge in [0.1, 0.15) is 0 Å². The summed E-state index contributed by atoms with van der Waals surface area (Å²) < 4.78 is 0. The number of halogens is 3. The maximum absolute atomic E-state index is 6.11. The number of aromatic nitrogens is 1. The van der Waals surface area contributed by atoms with E-state index >= 15 is 0 Å². The van der Waals surface area contributed by atoms with Crippen LogP contribution >= 0.6 is 46.1 Å². The van der Waals surface area contributed by atoms with E-state index < -0.39 is 0 Å². The molecule has 0 aliphatic carbocycles. The molecule has 2 nitrogen and oxygen atoms in total. The molecule has 0 saturated heterocycles. The number of rotatable bonds is 5. The van der Waals surface area contributed by atoms with Crippen LogP contribution < -0.4 is 5.32 Å². The van der Waals surface area contributed by atoms with Crippen molar-refractivity contribution in [1.82, 2.24) is 10.3 Å². The highest BCUT2D eigenvalue weighted by Gasteiger charge is 2.09. The van der Waals surface area contributed by atoms with Gasteiger partial charge in [0.15, 0.2) is 0 Å². The summed E-state index contributed by atoms with van der Waals surface area (Å²) in [7, 11) is 0. The first kappa shape index (κ1) is 14.1. The van der Waals surface area contributed by atoms with Gasteiger partial charge < -0.3 is 5.32 Å². The molecule has 0 spiro atoms. The summed E-state index contributed by atoms with van der Waals surface area (Å²) in [4.78, 5) is 4.22. The summed E-state index contributed by atoms with van der Waals surface area (Å²) in [6, 6.07) is 3.46. The van der Waals surface area contributed by atoms with Gasteiger partial charge in [0, 0.05) is 41.7 Å². The molecule has 2 rings (SSSR count). The molecule has 1 aromatic heterocycles. The Hall–Kier alpha value is -0.320. The van der Waals surface area contributed by atoms with Gasteiger partial charge in [-0.15, -0.1) is 11.3 Å². The molecule has 0 aliphatic rings. The summed E-state index contributed by atoms with van der Waals surface area (Å²) >= 11 is 19.8. The molecule has 0 radical (unpaired) electrons. The van der Waals surface area contributed by atoms with Crippen LogP contribution in [0.5, 0.6) is 0 Å². The molecule has 1 heterocycles. The van der Waals surface area contributed by atoms with E-state index in [9.17, 15) is 0 Å². The Bertz CT molecular complexity index is 514. The van der Waals surface area contributed by atoms with E-state index in [4.69, 9.17) is 34.8 Å². The quantitative estimate of drug-likeness (QED) is 0.650. The van der Waals surface area contributed by atoms with Crippen molar-refractivity contribution in [2.45, 2.75) is 13.0 Å². The second kappa shape index (κ2) is 6.73. The van der Waals surface area contributed by atoms with Crippen LogP contribution in [0, 0.1) is 0 Å². The Balaban J connectivity index is 1.88. The first-order valence-electron chi connectivity index (χ1n) is 5.40. The molecule has 0 unspecified atom stereocenters. The molecule has 0 bridgehead atoms. The number of hydrogen-bond donors (Lipinski definition) is 1. The maximum Gasteiger partial charge on any atom is 0.0937 e. The number of nitrogens with one attached hydrogen (secondary N) is 1. The largest absolute Gasteiger partial charge is 0.312 e. The van der Waals surface area contributed by atoms with Gasteiger partial charge in [-0.3, -0.25) is 0 Å². The molecule has 6 heteroatoms. The highest BCUT2D eigenvalue weighted by Crippen LogP contribution is 2.31. The highest BCUT2D eigenvalue weighted by molar-refractivity contribution is 7.09. The van der Waals surface area contributed by atoms with E-state index in [1.165, 1.54) is 0 Å². The van der Waals surface area contributed by atoms with Crippen LogP contribution in [0.25, 0.3) is 0 Å². The predicted octanol–water partition coefficient (Wildman–Crippen LogP) is 4.44. The van der Waals surface area contributed by atoms with Crippen molar-refractivity contribution in [2.24, 2.45) is 0 Å². The van der Waals surface area contributed by atoms with Gasteiger partial charge in [-0.1, -0.05) is 34.8 Å². The lowest BCUT2D eigenvalue weighted by atomic mass is 10.2. The lowest BCUT2D eigenvalue weighted by Crippen LogP contribution is -2.17. The van der Waals surface area contributed by atoms with Crippen LogP contribution in [0.3, 0.4) is 0 Å². The van der Waals surface area contributed by atoms with E-state index in [-0.39, 0.29) is 0 Å². The first-order chi connectivity index (χ1) is 8.68. The Kier molecular flexibility index (Phi) is 5.27. The number of benzene rings is 1. The lowest BCUT2D eigenvalue weighted by Gasteiger charge is -2.09. The fourth-order valence-corrected chi connectivity index (χ4v) is 2.82. The van der Waals surface area contributed by atoms with Crippen molar-refractivity contribution in [3.63, 3.8) is 0 Å². The summed E-state index contributed by atoms with van der Waals surface area (Å²) in [6.07, 6.45) is 2.71. The van der Waals surface area contributed by atoms with Gasteiger partial charge in [0.2, 0.25) is 0 Å². The lowest BCUT2D eigenvalue weighted by molar-refractivity contribution is 0.685. The highest BCUT2D eigenvalue weighted by atomic mass is 35.5. The molecule has 0 saturated carbocycles. The van der Waals surface area contributed by atoms with Gasteiger partial charge in [0.05, 0.1) is 15.1 Å². The number of thiazole rings is 1. The van der Waals surface area contributed by atoms with Crippen LogP contribution in [0.15, 0.2) is 23.7 Å². The van der Waals surface area contributed by atoms with Gasteiger partial charge >= 0.3 is 0 Å². The van der Waals surface area contributed by atoms with Gasteiger partial charge in [0.25, 0.3) is 0 Å². The summed E-state index contributed by atoms with van der Waals surface area (Å²) in [5.41, 5.74) is 0.838. The monoisotopic (exact) mass is 320 g/mol. The molecule has 0 atom stereocenters. The summed E-state index contributed by atoms with van der Waals surface area (Å²) in [5.74, 6) is 0. The first-order valence-corrected chi connectivity index (χ1v) is 7.41. The van der Waals surface area contributed by atoms with Crippen molar-refractivity contribution in [2.75, 3.05) is 6.54 Å². The zero-order valence-corrected chi connectivity index (χ0v) is 12.5. The summed E-state index contributed by atoms with van der Waals surface area (Å²) in [5, 5.41) is 8.05. The molecule has 0 aliphatic heterocycles. The molecular weight excluding hydrogens is 311 g/mol. The molecular formula is C12H11Cl3N2S. The minimum absolute atomic E-state index is 0.519. The molecule has 0 amide bonds. The summed E-state index contributed by atoms with van der Waals surface area (Å²) in [6.45, 7) is 1.43. The molecule has 1 aromatic carbocycles. The molecule has 96 valence electrons. The van der Waals surface area contributed by atoms with Gasteiger partial charge in [-0.2, -0.15) is 0 Å². The molecule has 1 N–H and O–H groups in total. The molecule has 18 heavy (non-hydrogen) atoms. The van der Waals surface area contributed by atoms with Crippen LogP contribution in [-0.4, -0.2) is 11.5 Å². The van der Waals surface area contributed by atoms with Gasteiger partial charge in [-0.25, -0.2) is 4.98 Å². The van der Waals surface area contributed by atoms with E-state index in [0.29, 0.717) is 21.6 Å². The maximum atomic E-state index is 6.11. The second-order valence-electron chi connectivity index (χ2n) is 3.67. The predicted molar refractivity (Wildman–Crippen MR) is 79.0 cm³/mol. The normalized spacial score (nSPS) is 10.8. The zero-order chi connectivity index (χ0) is 13.0. The third kappa shape index (κ3) is 3.59. The smallest absolute Gasteiger partial charge is 0.0937 e. The third-order valence-electron chi connectivity index (χ3n) is 2.44. The van der Waals surface area contributed by atoms with Crippen molar-refractivity contribution in [3.8, 4) is 0 Å². The van der Waals surface area contributed by atoms with Crippen molar-refractivity contribution in [3.05, 3.63) is 49.3 Å². The SMILES string of the molecule is Clc1ccc(Cl)c(CNCCc2nccs2)c1Cl. The minimum atomic E-state index is 0.519. The van der Waals surface area contributed by atoms with Crippen molar-refractivity contribution >= 4 is 46.1 Å². The van der Waals surface area contributed by atoms with Gasteiger partial charge in [-0.05, 0) is 12.1 Å². The Morgan fingerprint density at radius 2 is 1.94 bits per heavy atom. The zero-order valence-electron chi connectivity index (χ0n) is 9.42. The van der Waals surface area contributed by atoms with E-state index in [0.717, 1.165) is 23.5 Å². The Labute approximate surface area is 125 Å². The molecule has 0 fully saturated rings. The second-order valence-corrected chi connectivity index (χ2v) is 5.85. The number of hydrogen-bond acceptors (Lipinski definition) is 3. The topological polar surface area (TPSA) is 24.9 Å². The Morgan fingerprint density at radius 3 is 2.67 bits per heavy atom. The van der Waals surface area contributed by atoms with Crippen molar-refractivity contribution in [1.29, 1.82) is 0 Å². The van der Waals surface area contributed by atoms with E-state index in [2.05, 4.69) is 10.3 Å². The average molecular weight is 322 g/mol. The van der Waals surface area contributed by atoms with Crippen LogP contribution in [0.4, 0.5) is 0 Å². The standard InChI is InChI=1S/C12H11Cl3N2S/c13-9-1-2-10(14)12(15)8(9)7-16-4-3-11-17-5-6-18-11/h1-2,5-6,16H,3-4,7H2. The van der Waals surface area contributed by atoms with Crippen LogP contribution in [0.1, 0.15) is 10.6 Å². The average Bonchev–Trinajstić information content (AvgIpc) is 2.86. The van der Waals surface area contributed by atoms with E-state index in [1.54, 1.807) is 23.5 Å².